The van der Waals surface area contributed by atoms with E-state index in [1.165, 1.54) is 10.8 Å². The highest BCUT2D eigenvalue weighted by molar-refractivity contribution is 5.83. The van der Waals surface area contributed by atoms with Crippen molar-refractivity contribution in [1.82, 2.24) is 0 Å². The van der Waals surface area contributed by atoms with Gasteiger partial charge in [0.2, 0.25) is 0 Å². The van der Waals surface area contributed by atoms with Crippen molar-refractivity contribution in [2.45, 2.75) is 6.42 Å². The Morgan fingerprint density at radius 1 is 1.12 bits per heavy atom. The van der Waals surface area contributed by atoms with Gasteiger partial charge in [0.05, 0.1) is 6.61 Å². The van der Waals surface area contributed by atoms with E-state index in [1.807, 2.05) is 30.3 Å². The van der Waals surface area contributed by atoms with Crippen LogP contribution in [0, 0.1) is 0 Å². The number of rotatable bonds is 5. The fraction of sp³-hybridized carbons (Fsp3) is 0.231. The summed E-state index contributed by atoms with van der Waals surface area (Å²) >= 11 is 0. The van der Waals surface area contributed by atoms with Crippen LogP contribution in [-0.4, -0.2) is 13.2 Å². The first-order chi connectivity index (χ1) is 8.40. The molecule has 2 aromatic rings. The largest absolute Gasteiger partial charge is 0.494 e. The van der Waals surface area contributed by atoms with Crippen LogP contribution in [0.4, 0.5) is 0 Å². The lowest BCUT2D eigenvalue weighted by Crippen LogP contribution is -1.98. The molecule has 4 heteroatoms. The first-order valence-electron chi connectivity index (χ1n) is 5.52. The summed E-state index contributed by atoms with van der Waals surface area (Å²) in [5, 5.41) is 5.82. The van der Waals surface area contributed by atoms with Crippen molar-refractivity contribution >= 4 is 10.8 Å². The summed E-state index contributed by atoms with van der Waals surface area (Å²) in [6.45, 7) is 1.04. The Kier molecular flexibility index (Phi) is 3.84. The van der Waals surface area contributed by atoms with Crippen LogP contribution in [0.1, 0.15) is 6.42 Å². The number of hydrogen-bond acceptors (Lipinski definition) is 2. The van der Waals surface area contributed by atoms with Crippen molar-refractivity contribution in [3.05, 3.63) is 52.9 Å². The van der Waals surface area contributed by atoms with E-state index in [9.17, 15) is 0 Å². The maximum absolute atomic E-state index is 8.12. The molecule has 0 saturated heterocycles. The predicted molar refractivity (Wildman–Crippen MR) is 68.1 cm³/mol. The molecular formula is C13H13N3O. The van der Waals surface area contributed by atoms with E-state index in [-0.39, 0.29) is 0 Å². The number of fused-ring (bicyclic) bond motifs is 1. The third-order valence-corrected chi connectivity index (χ3v) is 2.46. The summed E-state index contributed by atoms with van der Waals surface area (Å²) in [5.41, 5.74) is 8.12. The van der Waals surface area contributed by atoms with Crippen LogP contribution < -0.4 is 4.74 Å². The summed E-state index contributed by atoms with van der Waals surface area (Å²) in [5.74, 6) is 0.852. The summed E-state index contributed by atoms with van der Waals surface area (Å²) in [4.78, 5) is 2.69. The maximum atomic E-state index is 8.12. The minimum Gasteiger partial charge on any atom is -0.494 e. The molecule has 0 aromatic heterocycles. The van der Waals surface area contributed by atoms with E-state index < -0.39 is 0 Å². The first-order valence-corrected chi connectivity index (χ1v) is 5.52. The molecule has 0 N–H and O–H groups in total. The van der Waals surface area contributed by atoms with E-state index in [2.05, 4.69) is 22.2 Å². The minimum absolute atomic E-state index is 0.476. The van der Waals surface area contributed by atoms with Gasteiger partial charge in [-0.2, -0.15) is 0 Å². The standard InChI is InChI=1S/C13H13N3O/c14-16-15-8-3-9-17-13-7-6-11-4-1-2-5-12(11)10-13/h1-2,4-7,10H,3,8-9H2. The van der Waals surface area contributed by atoms with Gasteiger partial charge in [0.25, 0.3) is 0 Å². The number of ether oxygens (including phenoxy) is 1. The van der Waals surface area contributed by atoms with E-state index in [4.69, 9.17) is 10.3 Å². The Hall–Kier alpha value is -2.19. The topological polar surface area (TPSA) is 58.0 Å². The molecule has 0 aliphatic heterocycles. The zero-order chi connectivity index (χ0) is 11.9. The van der Waals surface area contributed by atoms with Crippen molar-refractivity contribution in [3.8, 4) is 5.75 Å². The Bertz CT molecular complexity index is 547. The third kappa shape index (κ3) is 3.13. The van der Waals surface area contributed by atoms with Crippen LogP contribution in [0.15, 0.2) is 47.6 Å². The van der Waals surface area contributed by atoms with Gasteiger partial charge in [-0.25, -0.2) is 0 Å². The van der Waals surface area contributed by atoms with E-state index in [1.54, 1.807) is 0 Å². The molecule has 0 spiro atoms. The quantitative estimate of drug-likeness (QED) is 0.330. The van der Waals surface area contributed by atoms with Gasteiger partial charge in [0, 0.05) is 11.5 Å². The fourth-order valence-electron chi connectivity index (χ4n) is 1.63. The van der Waals surface area contributed by atoms with E-state index in [0.29, 0.717) is 13.2 Å². The second-order valence-corrected chi connectivity index (χ2v) is 3.67. The van der Waals surface area contributed by atoms with Crippen LogP contribution in [0.5, 0.6) is 5.75 Å². The van der Waals surface area contributed by atoms with Gasteiger partial charge in [-0.3, -0.25) is 0 Å². The first kappa shape index (κ1) is 11.3. The van der Waals surface area contributed by atoms with Crippen LogP contribution in [0.2, 0.25) is 0 Å². The Morgan fingerprint density at radius 2 is 1.94 bits per heavy atom. The Labute approximate surface area is 99.5 Å². The summed E-state index contributed by atoms with van der Waals surface area (Å²) in [7, 11) is 0. The molecule has 2 rings (SSSR count). The van der Waals surface area contributed by atoms with Gasteiger partial charge < -0.3 is 4.74 Å². The molecule has 0 aliphatic rings. The molecule has 0 atom stereocenters. The lowest BCUT2D eigenvalue weighted by molar-refractivity contribution is 0.314. The van der Waals surface area contributed by atoms with Crippen molar-refractivity contribution in [2.24, 2.45) is 5.11 Å². The van der Waals surface area contributed by atoms with Crippen molar-refractivity contribution < 1.29 is 4.74 Å². The summed E-state index contributed by atoms with van der Waals surface area (Å²) < 4.78 is 5.58. The van der Waals surface area contributed by atoms with Gasteiger partial charge >= 0.3 is 0 Å². The number of azide groups is 1. The molecular weight excluding hydrogens is 214 g/mol. The highest BCUT2D eigenvalue weighted by Crippen LogP contribution is 2.20. The van der Waals surface area contributed by atoms with Gasteiger partial charge in [-0.05, 0) is 34.9 Å². The van der Waals surface area contributed by atoms with Crippen LogP contribution in [0.3, 0.4) is 0 Å². The van der Waals surface area contributed by atoms with Gasteiger partial charge in [-0.15, -0.1) is 0 Å². The van der Waals surface area contributed by atoms with E-state index >= 15 is 0 Å². The van der Waals surface area contributed by atoms with Crippen LogP contribution in [0.25, 0.3) is 21.2 Å². The highest BCUT2D eigenvalue weighted by Gasteiger charge is 1.96. The van der Waals surface area contributed by atoms with Crippen molar-refractivity contribution in [1.29, 1.82) is 0 Å². The Balaban J connectivity index is 1.97. The third-order valence-electron chi connectivity index (χ3n) is 2.46. The molecule has 0 fully saturated rings. The molecule has 86 valence electrons. The lowest BCUT2D eigenvalue weighted by atomic mass is 10.1. The van der Waals surface area contributed by atoms with Gasteiger partial charge in [0.15, 0.2) is 0 Å². The number of nitrogens with zero attached hydrogens (tertiary/aromatic N) is 3. The second kappa shape index (κ2) is 5.77. The molecule has 0 bridgehead atoms. The van der Waals surface area contributed by atoms with E-state index in [0.717, 1.165) is 12.2 Å². The molecule has 0 heterocycles. The number of hydrogen-bond donors (Lipinski definition) is 0. The smallest absolute Gasteiger partial charge is 0.119 e. The fourth-order valence-corrected chi connectivity index (χ4v) is 1.63. The second-order valence-electron chi connectivity index (χ2n) is 3.67. The molecule has 0 aliphatic carbocycles. The minimum atomic E-state index is 0.476. The molecule has 0 radical (unpaired) electrons. The van der Waals surface area contributed by atoms with Crippen molar-refractivity contribution in [3.63, 3.8) is 0 Å². The molecule has 0 unspecified atom stereocenters. The number of benzene rings is 2. The maximum Gasteiger partial charge on any atom is 0.119 e. The summed E-state index contributed by atoms with van der Waals surface area (Å²) in [6.07, 6.45) is 0.733. The zero-order valence-corrected chi connectivity index (χ0v) is 9.41. The monoisotopic (exact) mass is 227 g/mol. The zero-order valence-electron chi connectivity index (χ0n) is 9.41. The van der Waals surface area contributed by atoms with Gasteiger partial charge in [-0.1, -0.05) is 35.4 Å². The SMILES string of the molecule is [N-]=[N+]=NCCCOc1ccc2ccccc2c1. The molecule has 2 aromatic carbocycles. The molecule has 0 saturated carbocycles. The highest BCUT2D eigenvalue weighted by atomic mass is 16.5. The Morgan fingerprint density at radius 3 is 2.76 bits per heavy atom. The predicted octanol–water partition coefficient (Wildman–Crippen LogP) is 3.92. The molecule has 17 heavy (non-hydrogen) atoms. The average Bonchev–Trinajstić information content (AvgIpc) is 2.38. The summed E-state index contributed by atoms with van der Waals surface area (Å²) in [6, 6.07) is 14.2. The molecule has 0 amide bonds. The molecule has 4 nitrogen and oxygen atoms in total. The van der Waals surface area contributed by atoms with Crippen LogP contribution in [-0.2, 0) is 0 Å². The van der Waals surface area contributed by atoms with Gasteiger partial charge in [0.1, 0.15) is 5.75 Å². The lowest BCUT2D eigenvalue weighted by Gasteiger charge is -2.06. The normalized spacial score (nSPS) is 9.88. The van der Waals surface area contributed by atoms with Crippen molar-refractivity contribution in [2.75, 3.05) is 13.2 Å². The van der Waals surface area contributed by atoms with Crippen LogP contribution >= 0.6 is 0 Å². The average molecular weight is 227 g/mol.